The molecule has 0 aromatic carbocycles. The molecule has 2 rings (SSSR count). The molecule has 0 unspecified atom stereocenters. The number of rotatable bonds is 4. The van der Waals surface area contributed by atoms with Crippen LogP contribution in [0.4, 0.5) is 11.6 Å². The van der Waals surface area contributed by atoms with Gasteiger partial charge in [0.2, 0.25) is 11.6 Å². The molecule has 0 aliphatic carbocycles. The summed E-state index contributed by atoms with van der Waals surface area (Å²) in [6.07, 6.45) is 1.92. The fourth-order valence-corrected chi connectivity index (χ4v) is 0.887. The van der Waals surface area contributed by atoms with Gasteiger partial charge in [0, 0.05) is 0 Å². The fourth-order valence-electron chi connectivity index (χ4n) is 0.887. The molecule has 12 heteroatoms. The summed E-state index contributed by atoms with van der Waals surface area (Å²) in [5.41, 5.74) is 0.130. The van der Waals surface area contributed by atoms with E-state index in [1.807, 2.05) is 0 Å². The van der Waals surface area contributed by atoms with Gasteiger partial charge >= 0.3 is 0 Å². The van der Waals surface area contributed by atoms with Crippen molar-refractivity contribution in [2.24, 2.45) is 20.5 Å². The molecule has 18 heavy (non-hydrogen) atoms. The molecule has 0 saturated heterocycles. The van der Waals surface area contributed by atoms with Crippen LogP contribution in [0, 0.1) is 0 Å². The van der Waals surface area contributed by atoms with Crippen molar-refractivity contribution in [1.29, 1.82) is 0 Å². The van der Waals surface area contributed by atoms with Gasteiger partial charge in [0.05, 0.1) is 12.4 Å². The van der Waals surface area contributed by atoms with E-state index in [0.29, 0.717) is 0 Å². The SMILES string of the molecule is O/N=C\c1nonc1N=Nc1nonc1/C=N/O. The molecule has 0 saturated carbocycles. The monoisotopic (exact) mass is 252 g/mol. The van der Waals surface area contributed by atoms with Crippen LogP contribution in [0.3, 0.4) is 0 Å². The minimum atomic E-state index is -0.0392. The molecule has 0 aliphatic heterocycles. The van der Waals surface area contributed by atoms with Crippen LogP contribution in [-0.4, -0.2) is 43.5 Å². The molecule has 2 aromatic heterocycles. The van der Waals surface area contributed by atoms with Crippen LogP contribution in [0.15, 0.2) is 29.8 Å². The summed E-state index contributed by atoms with van der Waals surface area (Å²) in [5.74, 6) is -0.0784. The van der Waals surface area contributed by atoms with E-state index in [-0.39, 0.29) is 23.0 Å². The molecule has 2 heterocycles. The van der Waals surface area contributed by atoms with E-state index in [1.54, 1.807) is 0 Å². The Morgan fingerprint density at radius 3 is 1.61 bits per heavy atom. The molecule has 92 valence electrons. The lowest BCUT2D eigenvalue weighted by molar-refractivity contribution is 0.304. The van der Waals surface area contributed by atoms with E-state index in [2.05, 4.69) is 50.4 Å². The van der Waals surface area contributed by atoms with Crippen molar-refractivity contribution in [2.45, 2.75) is 0 Å². The molecule has 2 aromatic rings. The van der Waals surface area contributed by atoms with Crippen LogP contribution in [0.2, 0.25) is 0 Å². The minimum absolute atomic E-state index is 0.0392. The second-order valence-electron chi connectivity index (χ2n) is 2.64. The molecule has 0 atom stereocenters. The van der Waals surface area contributed by atoms with Crippen molar-refractivity contribution in [3.05, 3.63) is 11.4 Å². The number of azo groups is 1. The summed E-state index contributed by atoms with van der Waals surface area (Å²) in [5, 5.41) is 43.0. The van der Waals surface area contributed by atoms with Gasteiger partial charge < -0.3 is 10.4 Å². The fraction of sp³-hybridized carbons (Fsp3) is 0. The molecule has 0 bridgehead atoms. The Balaban J connectivity index is 2.24. The summed E-state index contributed by atoms with van der Waals surface area (Å²) < 4.78 is 8.73. The smallest absolute Gasteiger partial charge is 0.246 e. The topological polar surface area (TPSA) is 168 Å². The van der Waals surface area contributed by atoms with E-state index in [1.165, 1.54) is 0 Å². The Bertz CT molecular complexity index is 546. The van der Waals surface area contributed by atoms with Gasteiger partial charge in [-0.25, -0.2) is 9.26 Å². The van der Waals surface area contributed by atoms with Crippen LogP contribution < -0.4 is 0 Å². The molecule has 0 amide bonds. The lowest BCUT2D eigenvalue weighted by atomic mass is 10.5. The molecular weight excluding hydrogens is 248 g/mol. The normalized spacial score (nSPS) is 12.2. The maximum Gasteiger partial charge on any atom is 0.246 e. The average molecular weight is 252 g/mol. The maximum atomic E-state index is 8.33. The van der Waals surface area contributed by atoms with E-state index in [4.69, 9.17) is 10.4 Å². The third-order valence-corrected chi connectivity index (χ3v) is 1.59. The van der Waals surface area contributed by atoms with Crippen molar-refractivity contribution in [3.8, 4) is 0 Å². The summed E-state index contributed by atoms with van der Waals surface area (Å²) >= 11 is 0. The Morgan fingerprint density at radius 1 is 0.778 bits per heavy atom. The molecule has 0 spiro atoms. The Hall–Kier alpha value is -3.18. The lowest BCUT2D eigenvalue weighted by Crippen LogP contribution is -1.81. The largest absolute Gasteiger partial charge is 0.411 e. The predicted molar refractivity (Wildman–Crippen MR) is 51.5 cm³/mol. The standard InChI is InChI=1S/C6H4N8O4/c15-7-1-3-5(13-17-11-3)9-10-6-4(2-8-16)12-18-14-6/h1-2,15-16H/b7-1-,8-2+,10-9?. The Morgan fingerprint density at radius 2 is 1.22 bits per heavy atom. The van der Waals surface area contributed by atoms with Crippen LogP contribution >= 0.6 is 0 Å². The van der Waals surface area contributed by atoms with Crippen LogP contribution in [0.5, 0.6) is 0 Å². The van der Waals surface area contributed by atoms with Crippen molar-refractivity contribution >= 4 is 24.1 Å². The third kappa shape index (κ3) is 2.31. The van der Waals surface area contributed by atoms with Gasteiger partial charge in [0.25, 0.3) is 0 Å². The van der Waals surface area contributed by atoms with Crippen molar-refractivity contribution < 1.29 is 19.7 Å². The summed E-state index contributed by atoms with van der Waals surface area (Å²) in [6, 6.07) is 0. The van der Waals surface area contributed by atoms with E-state index in [0.717, 1.165) is 12.4 Å². The predicted octanol–water partition coefficient (Wildman–Crippen LogP) is 0.484. The zero-order valence-electron chi connectivity index (χ0n) is 8.44. The first-order chi connectivity index (χ1) is 8.85. The molecule has 0 fully saturated rings. The lowest BCUT2D eigenvalue weighted by Gasteiger charge is -1.83. The van der Waals surface area contributed by atoms with Crippen LogP contribution in [-0.2, 0) is 0 Å². The summed E-state index contributed by atoms with van der Waals surface area (Å²) in [7, 11) is 0. The van der Waals surface area contributed by atoms with Gasteiger partial charge in [-0.1, -0.05) is 10.3 Å². The highest BCUT2D eigenvalue weighted by Crippen LogP contribution is 2.17. The molecule has 2 N–H and O–H groups in total. The highest BCUT2D eigenvalue weighted by Gasteiger charge is 2.10. The second kappa shape index (κ2) is 5.24. The van der Waals surface area contributed by atoms with Gasteiger partial charge in [0.15, 0.2) is 11.4 Å². The van der Waals surface area contributed by atoms with Crippen molar-refractivity contribution in [2.75, 3.05) is 0 Å². The number of aromatic nitrogens is 4. The van der Waals surface area contributed by atoms with Gasteiger partial charge in [-0.05, 0) is 20.6 Å². The third-order valence-electron chi connectivity index (χ3n) is 1.59. The first kappa shape index (κ1) is 11.3. The number of hydrogen-bond donors (Lipinski definition) is 2. The van der Waals surface area contributed by atoms with Gasteiger partial charge in [-0.3, -0.25) is 0 Å². The Kier molecular flexibility index (Phi) is 3.29. The van der Waals surface area contributed by atoms with Gasteiger partial charge in [0.1, 0.15) is 0 Å². The Labute approximate surface area is 97.2 Å². The zero-order chi connectivity index (χ0) is 12.8. The van der Waals surface area contributed by atoms with Gasteiger partial charge in [-0.15, -0.1) is 10.2 Å². The zero-order valence-corrected chi connectivity index (χ0v) is 8.44. The van der Waals surface area contributed by atoms with E-state index < -0.39 is 0 Å². The highest BCUT2D eigenvalue weighted by molar-refractivity contribution is 5.82. The molecule has 0 aliphatic rings. The number of oxime groups is 2. The summed E-state index contributed by atoms with van der Waals surface area (Å²) in [6.45, 7) is 0. The summed E-state index contributed by atoms with van der Waals surface area (Å²) in [4.78, 5) is 0. The van der Waals surface area contributed by atoms with Crippen LogP contribution in [0.25, 0.3) is 0 Å². The second-order valence-corrected chi connectivity index (χ2v) is 2.64. The molecular formula is C6H4N8O4. The first-order valence-electron chi connectivity index (χ1n) is 4.27. The number of hydrogen-bond acceptors (Lipinski definition) is 12. The quantitative estimate of drug-likeness (QED) is 0.342. The van der Waals surface area contributed by atoms with E-state index >= 15 is 0 Å². The number of nitrogens with zero attached hydrogens (tertiary/aromatic N) is 8. The van der Waals surface area contributed by atoms with Crippen molar-refractivity contribution in [1.82, 2.24) is 20.6 Å². The van der Waals surface area contributed by atoms with Gasteiger partial charge in [-0.2, -0.15) is 0 Å². The van der Waals surface area contributed by atoms with Crippen LogP contribution in [0.1, 0.15) is 11.4 Å². The van der Waals surface area contributed by atoms with Crippen molar-refractivity contribution in [3.63, 3.8) is 0 Å². The minimum Gasteiger partial charge on any atom is -0.411 e. The maximum absolute atomic E-state index is 8.33. The first-order valence-corrected chi connectivity index (χ1v) is 4.27. The highest BCUT2D eigenvalue weighted by atomic mass is 16.6. The molecule has 0 radical (unpaired) electrons. The average Bonchev–Trinajstić information content (AvgIpc) is 2.97. The molecule has 12 nitrogen and oxygen atoms in total. The van der Waals surface area contributed by atoms with E-state index in [9.17, 15) is 0 Å².